The summed E-state index contributed by atoms with van der Waals surface area (Å²) < 4.78 is 0. The number of benzene rings is 2. The first-order chi connectivity index (χ1) is 9.61. The molecule has 0 heterocycles. The number of thioether (sulfide) groups is 1. The minimum atomic E-state index is -0.0445. The molecule has 0 spiro atoms. The molecule has 0 amide bonds. The van der Waals surface area contributed by atoms with Gasteiger partial charge in [0.05, 0.1) is 6.04 Å². The average Bonchev–Trinajstić information content (AvgIpc) is 2.48. The molecule has 0 saturated carbocycles. The Morgan fingerprint density at radius 3 is 1.75 bits per heavy atom. The Hall–Kier alpha value is -1.25. The maximum absolute atomic E-state index is 6.36. The summed E-state index contributed by atoms with van der Waals surface area (Å²) in [6, 6.07) is 17.2. The first-order valence-corrected chi connectivity index (χ1v) is 8.18. The van der Waals surface area contributed by atoms with Gasteiger partial charge in [0.1, 0.15) is 0 Å². The zero-order chi connectivity index (χ0) is 14.5. The highest BCUT2D eigenvalue weighted by atomic mass is 32.2. The third kappa shape index (κ3) is 3.65. The molecule has 0 saturated heterocycles. The van der Waals surface area contributed by atoms with Crippen LogP contribution in [0.2, 0.25) is 0 Å². The second-order valence-electron chi connectivity index (χ2n) is 5.30. The molecule has 1 unspecified atom stereocenters. The molecule has 0 radical (unpaired) electrons. The van der Waals surface area contributed by atoms with Crippen LogP contribution < -0.4 is 5.73 Å². The first-order valence-electron chi connectivity index (χ1n) is 7.20. The maximum Gasteiger partial charge on any atom is 0.0551 e. The number of hydrogen-bond acceptors (Lipinski definition) is 2. The highest BCUT2D eigenvalue weighted by molar-refractivity contribution is 7.99. The lowest BCUT2D eigenvalue weighted by atomic mass is 9.96. The molecule has 2 aromatic carbocycles. The third-order valence-electron chi connectivity index (χ3n) is 3.51. The van der Waals surface area contributed by atoms with Crippen LogP contribution in [0.3, 0.4) is 0 Å². The smallest absolute Gasteiger partial charge is 0.0551 e. The van der Waals surface area contributed by atoms with E-state index in [-0.39, 0.29) is 6.04 Å². The molecule has 2 rings (SSSR count). The number of nitrogens with two attached hydrogens (primary N) is 1. The van der Waals surface area contributed by atoms with Gasteiger partial charge in [0.2, 0.25) is 0 Å². The van der Waals surface area contributed by atoms with Crippen molar-refractivity contribution in [3.63, 3.8) is 0 Å². The van der Waals surface area contributed by atoms with Crippen molar-refractivity contribution < 1.29 is 0 Å². The van der Waals surface area contributed by atoms with Crippen molar-refractivity contribution in [3.8, 4) is 0 Å². The Balaban J connectivity index is 2.15. The van der Waals surface area contributed by atoms with Gasteiger partial charge in [-0.2, -0.15) is 0 Å². The summed E-state index contributed by atoms with van der Waals surface area (Å²) in [5.74, 6) is 1.66. The van der Waals surface area contributed by atoms with Crippen molar-refractivity contribution in [1.29, 1.82) is 0 Å². The number of rotatable bonds is 5. The summed E-state index contributed by atoms with van der Waals surface area (Å²) in [6.07, 6.45) is 0. The molecule has 0 bridgehead atoms. The quantitative estimate of drug-likeness (QED) is 0.785. The van der Waals surface area contributed by atoms with Gasteiger partial charge in [-0.15, -0.1) is 11.8 Å². The topological polar surface area (TPSA) is 26.0 Å². The van der Waals surface area contributed by atoms with Crippen molar-refractivity contribution in [2.75, 3.05) is 5.75 Å². The van der Waals surface area contributed by atoms with Crippen molar-refractivity contribution in [3.05, 3.63) is 65.2 Å². The Bertz CT molecular complexity index is 528. The van der Waals surface area contributed by atoms with E-state index < -0.39 is 0 Å². The molecule has 2 N–H and O–H groups in total. The summed E-state index contributed by atoms with van der Waals surface area (Å²) in [5.41, 5.74) is 10.1. The van der Waals surface area contributed by atoms with Crippen molar-refractivity contribution >= 4 is 11.8 Å². The monoisotopic (exact) mass is 285 g/mol. The van der Waals surface area contributed by atoms with E-state index in [1.807, 2.05) is 11.8 Å². The van der Waals surface area contributed by atoms with E-state index in [1.165, 1.54) is 21.6 Å². The molecular weight excluding hydrogens is 262 g/mol. The number of hydrogen-bond donors (Lipinski definition) is 1. The Morgan fingerprint density at radius 1 is 0.850 bits per heavy atom. The van der Waals surface area contributed by atoms with Crippen LogP contribution >= 0.6 is 11.8 Å². The fourth-order valence-electron chi connectivity index (χ4n) is 2.22. The lowest BCUT2D eigenvalue weighted by Gasteiger charge is -2.14. The van der Waals surface area contributed by atoms with Crippen LogP contribution in [0, 0.1) is 0 Å². The van der Waals surface area contributed by atoms with Crippen molar-refractivity contribution in [2.45, 2.75) is 37.6 Å². The van der Waals surface area contributed by atoms with Crippen molar-refractivity contribution in [2.24, 2.45) is 5.73 Å². The molecule has 0 aliphatic rings. The zero-order valence-electron chi connectivity index (χ0n) is 12.5. The first kappa shape index (κ1) is 15.1. The van der Waals surface area contributed by atoms with E-state index in [4.69, 9.17) is 5.73 Å². The van der Waals surface area contributed by atoms with Gasteiger partial charge in [0.25, 0.3) is 0 Å². The highest BCUT2D eigenvalue weighted by Gasteiger charge is 2.09. The van der Waals surface area contributed by atoms with Gasteiger partial charge in [-0.3, -0.25) is 0 Å². The molecule has 20 heavy (non-hydrogen) atoms. The van der Waals surface area contributed by atoms with Gasteiger partial charge in [0, 0.05) is 4.90 Å². The van der Waals surface area contributed by atoms with E-state index >= 15 is 0 Å². The van der Waals surface area contributed by atoms with E-state index in [2.05, 4.69) is 69.3 Å². The summed E-state index contributed by atoms with van der Waals surface area (Å²) in [4.78, 5) is 1.30. The maximum atomic E-state index is 6.36. The molecule has 0 aliphatic heterocycles. The minimum Gasteiger partial charge on any atom is -0.320 e. The summed E-state index contributed by atoms with van der Waals surface area (Å²) >= 11 is 1.86. The largest absolute Gasteiger partial charge is 0.320 e. The molecule has 1 atom stereocenters. The Labute approximate surface area is 126 Å². The molecule has 106 valence electrons. The van der Waals surface area contributed by atoms with Gasteiger partial charge in [0.15, 0.2) is 0 Å². The Kier molecular flexibility index (Phi) is 5.27. The van der Waals surface area contributed by atoms with E-state index in [1.54, 1.807) is 0 Å². The van der Waals surface area contributed by atoms with Crippen LogP contribution in [0.15, 0.2) is 53.4 Å². The van der Waals surface area contributed by atoms with Gasteiger partial charge in [-0.1, -0.05) is 57.2 Å². The fourth-order valence-corrected chi connectivity index (χ4v) is 2.88. The normalized spacial score (nSPS) is 12.7. The molecule has 1 nitrogen and oxygen atoms in total. The lowest BCUT2D eigenvalue weighted by Crippen LogP contribution is -2.11. The molecular formula is C18H23NS. The van der Waals surface area contributed by atoms with Gasteiger partial charge in [-0.25, -0.2) is 0 Å². The standard InChI is InChI=1S/C18H23NS/c1-4-20-17-11-9-16(10-12-17)18(19)15-7-5-14(6-8-15)13(2)3/h5-13,18H,4,19H2,1-3H3. The molecule has 2 aromatic rings. The second kappa shape index (κ2) is 6.96. The van der Waals surface area contributed by atoms with Crippen molar-refractivity contribution in [1.82, 2.24) is 0 Å². The molecule has 2 heteroatoms. The summed E-state index contributed by atoms with van der Waals surface area (Å²) in [7, 11) is 0. The summed E-state index contributed by atoms with van der Waals surface area (Å²) in [6.45, 7) is 6.58. The highest BCUT2D eigenvalue weighted by Crippen LogP contribution is 2.25. The van der Waals surface area contributed by atoms with Crippen LogP contribution in [0.5, 0.6) is 0 Å². The summed E-state index contributed by atoms with van der Waals surface area (Å²) in [5, 5.41) is 0. The fraction of sp³-hybridized carbons (Fsp3) is 0.333. The minimum absolute atomic E-state index is 0.0445. The van der Waals surface area contributed by atoms with Crippen LogP contribution in [-0.4, -0.2) is 5.75 Å². The van der Waals surface area contributed by atoms with Gasteiger partial charge in [-0.05, 0) is 40.5 Å². The molecule has 0 aliphatic carbocycles. The van der Waals surface area contributed by atoms with Crippen LogP contribution in [-0.2, 0) is 0 Å². The van der Waals surface area contributed by atoms with E-state index in [0.717, 1.165) is 5.75 Å². The third-order valence-corrected chi connectivity index (χ3v) is 4.41. The zero-order valence-corrected chi connectivity index (χ0v) is 13.3. The van der Waals surface area contributed by atoms with Gasteiger partial charge < -0.3 is 5.73 Å². The predicted molar refractivity (Wildman–Crippen MR) is 89.4 cm³/mol. The molecule has 0 fully saturated rings. The van der Waals surface area contributed by atoms with E-state index in [0.29, 0.717) is 5.92 Å². The second-order valence-corrected chi connectivity index (χ2v) is 6.64. The van der Waals surface area contributed by atoms with Crippen LogP contribution in [0.25, 0.3) is 0 Å². The molecule has 0 aromatic heterocycles. The van der Waals surface area contributed by atoms with Crippen LogP contribution in [0.4, 0.5) is 0 Å². The van der Waals surface area contributed by atoms with Gasteiger partial charge >= 0.3 is 0 Å². The Morgan fingerprint density at radius 2 is 1.30 bits per heavy atom. The lowest BCUT2D eigenvalue weighted by molar-refractivity contribution is 0.847. The predicted octanol–water partition coefficient (Wildman–Crippen LogP) is 4.97. The van der Waals surface area contributed by atoms with E-state index in [9.17, 15) is 0 Å². The SMILES string of the molecule is CCSc1ccc(C(N)c2ccc(C(C)C)cc2)cc1. The van der Waals surface area contributed by atoms with Crippen LogP contribution in [0.1, 0.15) is 49.4 Å². The average molecular weight is 285 g/mol.